The van der Waals surface area contributed by atoms with Crippen LogP contribution in [0.1, 0.15) is 11.4 Å². The fraction of sp³-hybridized carbons (Fsp3) is 0.167. The van der Waals surface area contributed by atoms with E-state index < -0.39 is 0 Å². The number of pyridine rings is 2. The highest BCUT2D eigenvalue weighted by Gasteiger charge is 2.07. The Bertz CT molecular complexity index is 638. The van der Waals surface area contributed by atoms with Gasteiger partial charge >= 0.3 is 0 Å². The molecular weight excluding hydrogens is 282 g/mol. The van der Waals surface area contributed by atoms with Crippen molar-refractivity contribution in [1.82, 2.24) is 9.97 Å². The number of aromatic nitrogens is 2. The van der Waals surface area contributed by atoms with Gasteiger partial charge in [0.25, 0.3) is 0 Å². The summed E-state index contributed by atoms with van der Waals surface area (Å²) in [7, 11) is 0. The molecule has 2 rings (SSSR count). The number of halogens is 1. The van der Waals surface area contributed by atoms with Gasteiger partial charge in [0, 0.05) is 17.3 Å². The summed E-state index contributed by atoms with van der Waals surface area (Å²) in [6, 6.07) is 7.67. The molecule has 2 aromatic heterocycles. The normalized spacial score (nSPS) is 9.63. The van der Waals surface area contributed by atoms with Gasteiger partial charge in [0.15, 0.2) is 5.17 Å². The first kappa shape index (κ1) is 15.2. The Morgan fingerprint density at radius 1 is 1.53 bits per heavy atom. The molecule has 0 aromatic carbocycles. The standard InChI is InChI=1S/C12H11N5S.ClH/c13-4-3-8-6-10-9(2-1-5-16-10)11(17-8)7-18-12(14)15;/h1-2,5-6H,3,7H2,(H3,14,15);1H. The van der Waals surface area contributed by atoms with E-state index in [2.05, 4.69) is 16.0 Å². The monoisotopic (exact) mass is 293 g/mol. The van der Waals surface area contributed by atoms with Crippen molar-refractivity contribution in [3.05, 3.63) is 35.8 Å². The zero-order valence-corrected chi connectivity index (χ0v) is 11.6. The fourth-order valence-corrected chi connectivity index (χ4v) is 2.14. The lowest BCUT2D eigenvalue weighted by Gasteiger charge is -2.06. The lowest BCUT2D eigenvalue weighted by atomic mass is 10.1. The van der Waals surface area contributed by atoms with E-state index >= 15 is 0 Å². The maximum Gasteiger partial charge on any atom is 0.151 e. The molecule has 0 atom stereocenters. The van der Waals surface area contributed by atoms with Gasteiger partial charge in [-0.3, -0.25) is 15.4 Å². The van der Waals surface area contributed by atoms with E-state index in [1.54, 1.807) is 6.20 Å². The van der Waals surface area contributed by atoms with Crippen molar-refractivity contribution in [1.29, 1.82) is 10.7 Å². The van der Waals surface area contributed by atoms with Crippen LogP contribution in [0, 0.1) is 16.7 Å². The van der Waals surface area contributed by atoms with Crippen LogP contribution >= 0.6 is 24.2 Å². The summed E-state index contributed by atoms with van der Waals surface area (Å²) in [6.45, 7) is 0. The van der Waals surface area contributed by atoms with Gasteiger partial charge in [-0.15, -0.1) is 12.4 Å². The Morgan fingerprint density at radius 3 is 3.00 bits per heavy atom. The van der Waals surface area contributed by atoms with Crippen molar-refractivity contribution >= 4 is 40.2 Å². The number of thioether (sulfide) groups is 1. The second-order valence-electron chi connectivity index (χ2n) is 3.62. The zero-order valence-electron chi connectivity index (χ0n) is 9.96. The van der Waals surface area contributed by atoms with E-state index in [4.69, 9.17) is 16.4 Å². The van der Waals surface area contributed by atoms with Gasteiger partial charge in [-0.1, -0.05) is 11.8 Å². The van der Waals surface area contributed by atoms with Gasteiger partial charge in [0.05, 0.1) is 29.4 Å². The second-order valence-corrected chi connectivity index (χ2v) is 4.64. The average Bonchev–Trinajstić information content (AvgIpc) is 2.36. The molecule has 3 N–H and O–H groups in total. The van der Waals surface area contributed by atoms with Gasteiger partial charge in [-0.2, -0.15) is 5.26 Å². The van der Waals surface area contributed by atoms with E-state index in [9.17, 15) is 0 Å². The van der Waals surface area contributed by atoms with Crippen LogP contribution in [0.2, 0.25) is 0 Å². The van der Waals surface area contributed by atoms with Crippen LogP contribution in [0.15, 0.2) is 24.4 Å². The highest BCUT2D eigenvalue weighted by atomic mass is 35.5. The van der Waals surface area contributed by atoms with E-state index in [1.165, 1.54) is 11.8 Å². The van der Waals surface area contributed by atoms with E-state index in [-0.39, 0.29) is 24.0 Å². The molecule has 7 heteroatoms. The number of amidine groups is 1. The first-order valence-electron chi connectivity index (χ1n) is 5.28. The van der Waals surface area contributed by atoms with Gasteiger partial charge in [0.2, 0.25) is 0 Å². The summed E-state index contributed by atoms with van der Waals surface area (Å²) in [5.74, 6) is 0.511. The molecule has 0 aliphatic carbocycles. The predicted octanol–water partition coefficient (Wildman–Crippen LogP) is 2.24. The molecule has 5 nitrogen and oxygen atoms in total. The minimum absolute atomic E-state index is 0. The SMILES string of the molecule is Cl.N#CCc1cc2ncccc2c(CSC(=N)N)n1. The van der Waals surface area contributed by atoms with Gasteiger partial charge in [-0.25, -0.2) is 0 Å². The van der Waals surface area contributed by atoms with E-state index in [0.29, 0.717) is 11.4 Å². The predicted molar refractivity (Wildman–Crippen MR) is 79.3 cm³/mol. The Morgan fingerprint density at radius 2 is 2.32 bits per heavy atom. The highest BCUT2D eigenvalue weighted by Crippen LogP contribution is 2.20. The molecule has 2 aromatic rings. The summed E-state index contributed by atoms with van der Waals surface area (Å²) in [5.41, 5.74) is 7.66. The van der Waals surface area contributed by atoms with Crippen LogP contribution in [0.25, 0.3) is 10.9 Å². The van der Waals surface area contributed by atoms with Gasteiger partial charge in [0.1, 0.15) is 0 Å². The molecule has 0 bridgehead atoms. The van der Waals surface area contributed by atoms with Gasteiger partial charge in [-0.05, 0) is 18.2 Å². The van der Waals surface area contributed by atoms with Crippen LogP contribution in [0.5, 0.6) is 0 Å². The highest BCUT2D eigenvalue weighted by molar-refractivity contribution is 8.13. The molecule has 98 valence electrons. The Hall–Kier alpha value is -1.84. The summed E-state index contributed by atoms with van der Waals surface area (Å²) < 4.78 is 0. The third-order valence-corrected chi connectivity index (χ3v) is 3.08. The van der Waals surface area contributed by atoms with E-state index in [0.717, 1.165) is 16.6 Å². The molecule has 0 radical (unpaired) electrons. The Balaban J connectivity index is 0.00000180. The smallest absolute Gasteiger partial charge is 0.151 e. The lowest BCUT2D eigenvalue weighted by Crippen LogP contribution is -2.05. The van der Waals surface area contributed by atoms with Crippen LogP contribution < -0.4 is 5.73 Å². The van der Waals surface area contributed by atoms with Crippen molar-refractivity contribution in [2.75, 3.05) is 0 Å². The van der Waals surface area contributed by atoms with Crippen molar-refractivity contribution in [2.45, 2.75) is 12.2 Å². The van der Waals surface area contributed by atoms with Gasteiger partial charge < -0.3 is 5.73 Å². The maximum absolute atomic E-state index is 8.73. The Kier molecular flexibility index (Phi) is 5.55. The van der Waals surface area contributed by atoms with Crippen molar-refractivity contribution < 1.29 is 0 Å². The Labute approximate surface area is 121 Å². The second kappa shape index (κ2) is 6.92. The number of nitriles is 1. The van der Waals surface area contributed by atoms with E-state index in [1.807, 2.05) is 18.2 Å². The zero-order chi connectivity index (χ0) is 13.0. The number of hydrogen-bond donors (Lipinski definition) is 2. The summed E-state index contributed by atoms with van der Waals surface area (Å²) in [5, 5.41) is 17.0. The molecule has 0 saturated heterocycles. The summed E-state index contributed by atoms with van der Waals surface area (Å²) >= 11 is 1.21. The maximum atomic E-state index is 8.73. The number of nitrogens with zero attached hydrogens (tertiary/aromatic N) is 3. The molecule has 0 aliphatic heterocycles. The molecule has 2 heterocycles. The average molecular weight is 294 g/mol. The van der Waals surface area contributed by atoms with Crippen LogP contribution in [0.4, 0.5) is 0 Å². The lowest BCUT2D eigenvalue weighted by molar-refractivity contribution is 1.07. The number of nitrogens with one attached hydrogen (secondary N) is 1. The molecule has 0 amide bonds. The molecular formula is C12H12ClN5S. The van der Waals surface area contributed by atoms with Crippen LogP contribution in [0.3, 0.4) is 0 Å². The first-order chi connectivity index (χ1) is 8.70. The molecule has 0 fully saturated rings. The minimum Gasteiger partial charge on any atom is -0.379 e. The quantitative estimate of drug-likeness (QED) is 0.668. The third-order valence-electron chi connectivity index (χ3n) is 2.36. The van der Waals surface area contributed by atoms with Crippen molar-refractivity contribution in [2.24, 2.45) is 5.73 Å². The molecule has 0 unspecified atom stereocenters. The summed E-state index contributed by atoms with van der Waals surface area (Å²) in [4.78, 5) is 8.70. The number of fused-ring (bicyclic) bond motifs is 1. The molecule has 0 spiro atoms. The van der Waals surface area contributed by atoms with Crippen molar-refractivity contribution in [3.63, 3.8) is 0 Å². The minimum atomic E-state index is 0. The van der Waals surface area contributed by atoms with Crippen LogP contribution in [-0.4, -0.2) is 15.1 Å². The molecule has 0 saturated carbocycles. The summed E-state index contributed by atoms with van der Waals surface area (Å²) in [6.07, 6.45) is 1.96. The molecule has 0 aliphatic rings. The largest absolute Gasteiger partial charge is 0.379 e. The van der Waals surface area contributed by atoms with Crippen molar-refractivity contribution in [3.8, 4) is 6.07 Å². The number of hydrogen-bond acceptors (Lipinski definition) is 5. The number of nitrogens with two attached hydrogens (primary N) is 1. The topological polar surface area (TPSA) is 99.4 Å². The van der Waals surface area contributed by atoms with Crippen LogP contribution in [-0.2, 0) is 12.2 Å². The fourth-order valence-electron chi connectivity index (χ4n) is 1.63. The number of rotatable bonds is 3. The molecule has 19 heavy (non-hydrogen) atoms. The first-order valence-corrected chi connectivity index (χ1v) is 6.26. The third kappa shape index (κ3) is 3.81.